The third-order valence-corrected chi connectivity index (χ3v) is 1.18. The lowest BCUT2D eigenvalue weighted by atomic mass is 10.4. The second-order valence-corrected chi connectivity index (χ2v) is 3.13. The molecule has 0 spiro atoms. The molecule has 0 aliphatic rings. The van der Waals surface area contributed by atoms with Gasteiger partial charge in [0, 0.05) is 0 Å². The van der Waals surface area contributed by atoms with E-state index in [4.69, 9.17) is 19.9 Å². The average Bonchev–Trinajstić information content (AvgIpc) is 2.15. The zero-order valence-corrected chi connectivity index (χ0v) is 8.42. The van der Waals surface area contributed by atoms with Gasteiger partial charge in [-0.2, -0.15) is 8.42 Å². The highest BCUT2D eigenvalue weighted by Gasteiger charge is 2.09. The third kappa shape index (κ3) is 15.9. The summed E-state index contributed by atoms with van der Waals surface area (Å²) in [6.07, 6.45) is -0.954. The van der Waals surface area contributed by atoms with Gasteiger partial charge in [-0.3, -0.25) is 4.55 Å². The summed E-state index contributed by atoms with van der Waals surface area (Å²) in [7, 11) is -4.66. The smallest absolute Gasteiger partial charge is 0.394 e. The molecule has 0 fully saturated rings. The number of hydrogen-bond acceptors (Lipinski definition) is 8. The summed E-state index contributed by atoms with van der Waals surface area (Å²) in [5.74, 6) is -1.20. The van der Waals surface area contributed by atoms with Crippen molar-refractivity contribution >= 4 is 16.4 Å². The molecule has 0 unspecified atom stereocenters. The summed E-state index contributed by atoms with van der Waals surface area (Å²) in [5.41, 5.74) is 4.63. The predicted octanol–water partition coefficient (Wildman–Crippen LogP) is -3.38. The molecule has 0 aromatic rings. The van der Waals surface area contributed by atoms with Crippen molar-refractivity contribution in [2.45, 2.75) is 6.10 Å². The molecule has 92 valence electrons. The summed E-state index contributed by atoms with van der Waals surface area (Å²) < 4.78 is 30.5. The largest absolute Gasteiger partial charge is 0.449 e. The van der Waals surface area contributed by atoms with E-state index in [0.29, 0.717) is 0 Å². The highest BCUT2D eigenvalue weighted by molar-refractivity contribution is 7.81. The van der Waals surface area contributed by atoms with E-state index in [-0.39, 0.29) is 13.2 Å². The molecule has 0 rings (SSSR count). The maximum atomic E-state index is 9.94. The molecular formula is C5H13NO8S. The van der Waals surface area contributed by atoms with E-state index < -0.39 is 29.0 Å². The zero-order valence-electron chi connectivity index (χ0n) is 7.61. The van der Waals surface area contributed by atoms with Gasteiger partial charge in [0.1, 0.15) is 6.10 Å². The Kier molecular flexibility index (Phi) is 9.46. The fraction of sp³-hybridized carbons (Fsp3) is 0.800. The van der Waals surface area contributed by atoms with Gasteiger partial charge in [-0.15, -0.1) is 0 Å². The number of hydrogen-bond donors (Lipinski definition) is 5. The van der Waals surface area contributed by atoms with Crippen molar-refractivity contribution < 1.29 is 37.3 Å². The zero-order chi connectivity index (χ0) is 12.5. The molecule has 10 heteroatoms. The molecule has 0 aliphatic heterocycles. The fourth-order valence-corrected chi connectivity index (χ4v) is 0.512. The predicted molar refractivity (Wildman–Crippen MR) is 46.9 cm³/mol. The SMILES string of the molecule is NCC(=O)OS(=O)(=O)O.OCC(O)CO. The lowest BCUT2D eigenvalue weighted by molar-refractivity contribution is -0.132. The second kappa shape index (κ2) is 8.52. The second-order valence-electron chi connectivity index (χ2n) is 2.11. The van der Waals surface area contributed by atoms with Crippen molar-refractivity contribution in [3.8, 4) is 0 Å². The van der Waals surface area contributed by atoms with E-state index in [0.717, 1.165) is 0 Å². The summed E-state index contributed by atoms with van der Waals surface area (Å²) in [5, 5.41) is 24.0. The van der Waals surface area contributed by atoms with E-state index in [2.05, 4.69) is 9.92 Å². The first-order valence-corrected chi connectivity index (χ1v) is 4.92. The van der Waals surface area contributed by atoms with E-state index in [1.807, 2.05) is 0 Å². The molecule has 0 radical (unpaired) electrons. The van der Waals surface area contributed by atoms with E-state index >= 15 is 0 Å². The van der Waals surface area contributed by atoms with Crippen LogP contribution in [0.5, 0.6) is 0 Å². The van der Waals surface area contributed by atoms with Gasteiger partial charge in [0.2, 0.25) is 0 Å². The van der Waals surface area contributed by atoms with E-state index in [1.54, 1.807) is 0 Å². The minimum atomic E-state index is -4.66. The summed E-state index contributed by atoms with van der Waals surface area (Å²) >= 11 is 0. The van der Waals surface area contributed by atoms with Gasteiger partial charge >= 0.3 is 16.4 Å². The maximum absolute atomic E-state index is 9.94. The van der Waals surface area contributed by atoms with Crippen LogP contribution in [-0.2, 0) is 19.4 Å². The Labute approximate surface area is 86.0 Å². The lowest BCUT2D eigenvalue weighted by Crippen LogP contribution is -2.20. The fourth-order valence-electron chi connectivity index (χ4n) is 0.209. The van der Waals surface area contributed by atoms with Crippen molar-refractivity contribution in [2.24, 2.45) is 5.73 Å². The first kappa shape index (κ1) is 16.6. The molecular weight excluding hydrogens is 234 g/mol. The molecule has 0 atom stereocenters. The van der Waals surface area contributed by atoms with Crippen molar-refractivity contribution in [1.82, 2.24) is 0 Å². The van der Waals surface area contributed by atoms with Crippen LogP contribution in [0.1, 0.15) is 0 Å². The van der Waals surface area contributed by atoms with Gasteiger partial charge in [-0.05, 0) is 0 Å². The van der Waals surface area contributed by atoms with Gasteiger partial charge in [0.25, 0.3) is 0 Å². The number of aliphatic hydroxyl groups excluding tert-OH is 3. The first-order chi connectivity index (χ1) is 6.76. The number of nitrogens with two attached hydrogens (primary N) is 1. The van der Waals surface area contributed by atoms with Crippen LogP contribution in [0.15, 0.2) is 0 Å². The molecule has 0 aromatic heterocycles. The van der Waals surface area contributed by atoms with Crippen LogP contribution in [-0.4, -0.2) is 60.1 Å². The minimum absolute atomic E-state index is 0.365. The monoisotopic (exact) mass is 247 g/mol. The Hall–Kier alpha value is -0.780. The van der Waals surface area contributed by atoms with Gasteiger partial charge in [0.15, 0.2) is 0 Å². The normalized spacial score (nSPS) is 10.5. The number of carbonyl (C=O) groups excluding carboxylic acids is 1. The van der Waals surface area contributed by atoms with Crippen molar-refractivity contribution in [3.63, 3.8) is 0 Å². The van der Waals surface area contributed by atoms with Crippen LogP contribution >= 0.6 is 0 Å². The topological polar surface area (TPSA) is 167 Å². The van der Waals surface area contributed by atoms with Crippen molar-refractivity contribution in [2.75, 3.05) is 19.8 Å². The van der Waals surface area contributed by atoms with Gasteiger partial charge in [-0.25, -0.2) is 4.79 Å². The Morgan fingerprint density at radius 3 is 1.80 bits per heavy atom. The lowest BCUT2D eigenvalue weighted by Gasteiger charge is -1.96. The standard InChI is InChI=1S/C3H8O3.C2H5NO5S/c4-1-3(6)2-5;3-1-2(4)8-9(5,6)7/h3-6H,1-2H2;1,3H2,(H,5,6,7). The molecule has 0 saturated heterocycles. The van der Waals surface area contributed by atoms with Gasteiger partial charge in [-0.1, -0.05) is 0 Å². The van der Waals surface area contributed by atoms with E-state index in [1.165, 1.54) is 0 Å². The van der Waals surface area contributed by atoms with Crippen molar-refractivity contribution in [3.05, 3.63) is 0 Å². The first-order valence-electron chi connectivity index (χ1n) is 3.56. The Morgan fingerprint density at radius 2 is 1.73 bits per heavy atom. The Balaban J connectivity index is 0. The molecule has 15 heavy (non-hydrogen) atoms. The van der Waals surface area contributed by atoms with Crippen molar-refractivity contribution in [1.29, 1.82) is 0 Å². The maximum Gasteiger partial charge on any atom is 0.449 e. The summed E-state index contributed by atoms with van der Waals surface area (Å²) in [4.78, 5) is 9.94. The van der Waals surface area contributed by atoms with Crippen LogP contribution in [0.4, 0.5) is 0 Å². The molecule has 0 aromatic carbocycles. The molecule has 0 saturated carbocycles. The van der Waals surface area contributed by atoms with E-state index in [9.17, 15) is 13.2 Å². The number of carbonyl (C=O) groups is 1. The summed E-state index contributed by atoms with van der Waals surface area (Å²) in [6, 6.07) is 0. The van der Waals surface area contributed by atoms with Crippen LogP contribution in [0.25, 0.3) is 0 Å². The highest BCUT2D eigenvalue weighted by atomic mass is 32.3. The molecule has 6 N–H and O–H groups in total. The highest BCUT2D eigenvalue weighted by Crippen LogP contribution is 1.84. The van der Waals surface area contributed by atoms with Crippen LogP contribution < -0.4 is 5.73 Å². The quantitative estimate of drug-likeness (QED) is 0.318. The Bertz CT molecular complexity index is 258. The van der Waals surface area contributed by atoms with Gasteiger partial charge in [0.05, 0.1) is 19.8 Å². The van der Waals surface area contributed by atoms with Crippen LogP contribution in [0.3, 0.4) is 0 Å². The Morgan fingerprint density at radius 1 is 1.33 bits per heavy atom. The molecule has 0 heterocycles. The number of aliphatic hydroxyl groups is 3. The van der Waals surface area contributed by atoms with Crippen LogP contribution in [0.2, 0.25) is 0 Å². The molecule has 0 amide bonds. The van der Waals surface area contributed by atoms with Crippen LogP contribution in [0, 0.1) is 0 Å². The number of rotatable bonds is 4. The van der Waals surface area contributed by atoms with Gasteiger partial charge < -0.3 is 25.2 Å². The molecule has 9 nitrogen and oxygen atoms in total. The third-order valence-electron chi connectivity index (χ3n) is 0.786. The average molecular weight is 247 g/mol. The molecule has 0 bridgehead atoms. The minimum Gasteiger partial charge on any atom is -0.394 e. The summed E-state index contributed by atoms with van der Waals surface area (Å²) in [6.45, 7) is -1.31. The molecule has 0 aliphatic carbocycles.